The van der Waals surface area contributed by atoms with Gasteiger partial charge < -0.3 is 10.6 Å². The Bertz CT molecular complexity index is 1190. The lowest BCUT2D eigenvalue weighted by Gasteiger charge is -2.34. The molecule has 0 bridgehead atoms. The Balaban J connectivity index is 1.56. The molecule has 0 aliphatic carbocycles. The Kier molecular flexibility index (Phi) is 5.95. The van der Waals surface area contributed by atoms with Crippen LogP contribution in [0.25, 0.3) is 10.9 Å². The number of rotatable bonds is 5. The zero-order valence-corrected chi connectivity index (χ0v) is 18.6. The maximum atomic E-state index is 13.6. The Morgan fingerprint density at radius 1 is 1.25 bits per heavy atom. The molecule has 3 aromatic rings. The van der Waals surface area contributed by atoms with Crippen molar-refractivity contribution in [3.05, 3.63) is 58.8 Å². The fourth-order valence-corrected chi connectivity index (χ4v) is 4.66. The van der Waals surface area contributed by atoms with E-state index in [-0.39, 0.29) is 17.9 Å². The van der Waals surface area contributed by atoms with Crippen molar-refractivity contribution in [3.8, 4) is 0 Å². The number of pyridine rings is 1. The van der Waals surface area contributed by atoms with Crippen LogP contribution in [0, 0.1) is 19.7 Å². The molecule has 8 heteroatoms. The van der Waals surface area contributed by atoms with Crippen molar-refractivity contribution in [2.75, 3.05) is 13.1 Å². The molecule has 4 rings (SSSR count). The van der Waals surface area contributed by atoms with Crippen LogP contribution in [0.2, 0.25) is 0 Å². The number of primary amides is 1. The predicted molar refractivity (Wildman–Crippen MR) is 120 cm³/mol. The number of fused-ring (bicyclic) bond motifs is 1. The van der Waals surface area contributed by atoms with Crippen LogP contribution in [0.15, 0.2) is 30.3 Å². The van der Waals surface area contributed by atoms with Gasteiger partial charge in [-0.1, -0.05) is 0 Å². The molecule has 0 radical (unpaired) electrons. The number of benzene rings is 1. The first-order chi connectivity index (χ1) is 15.2. The van der Waals surface area contributed by atoms with Crippen LogP contribution in [0.5, 0.6) is 0 Å². The summed E-state index contributed by atoms with van der Waals surface area (Å²) in [5, 5.41) is 5.03. The lowest BCUT2D eigenvalue weighted by molar-refractivity contribution is -0.133. The number of halogens is 1. The van der Waals surface area contributed by atoms with Gasteiger partial charge in [-0.25, -0.2) is 4.39 Å². The van der Waals surface area contributed by atoms with Crippen LogP contribution in [-0.2, 0) is 4.79 Å². The van der Waals surface area contributed by atoms with Gasteiger partial charge in [0.25, 0.3) is 5.91 Å². The first kappa shape index (κ1) is 21.9. The number of nitrogens with two attached hydrogens (primary N) is 1. The molecule has 1 aromatic carbocycles. The largest absolute Gasteiger partial charge is 0.366 e. The monoisotopic (exact) mass is 437 g/mol. The van der Waals surface area contributed by atoms with Crippen molar-refractivity contribution < 1.29 is 14.0 Å². The molecule has 1 aliphatic rings. The number of nitrogens with zero attached hydrogens (tertiary/aromatic N) is 4. The first-order valence-electron chi connectivity index (χ1n) is 10.9. The van der Waals surface area contributed by atoms with Crippen LogP contribution < -0.4 is 5.73 Å². The minimum Gasteiger partial charge on any atom is -0.366 e. The highest BCUT2D eigenvalue weighted by Gasteiger charge is 2.29. The van der Waals surface area contributed by atoms with E-state index in [0.717, 1.165) is 24.2 Å². The van der Waals surface area contributed by atoms with E-state index in [2.05, 4.69) is 10.1 Å². The molecule has 2 N–H and O–H groups in total. The first-order valence-corrected chi connectivity index (χ1v) is 10.9. The molecular weight excluding hydrogens is 409 g/mol. The van der Waals surface area contributed by atoms with Gasteiger partial charge in [-0.15, -0.1) is 0 Å². The fourth-order valence-electron chi connectivity index (χ4n) is 4.66. The molecule has 2 atom stereocenters. The van der Waals surface area contributed by atoms with Crippen molar-refractivity contribution in [2.45, 2.75) is 52.0 Å². The van der Waals surface area contributed by atoms with E-state index in [4.69, 9.17) is 5.73 Å². The molecular formula is C24H28FN5O2. The number of hydrogen-bond donors (Lipinski definition) is 1. The minimum atomic E-state index is -0.597. The van der Waals surface area contributed by atoms with E-state index in [1.165, 1.54) is 12.1 Å². The maximum Gasteiger partial charge on any atom is 0.250 e. The van der Waals surface area contributed by atoms with Gasteiger partial charge in [0.15, 0.2) is 0 Å². The zero-order valence-electron chi connectivity index (χ0n) is 18.6. The van der Waals surface area contributed by atoms with Crippen LogP contribution in [-0.4, -0.2) is 44.6 Å². The van der Waals surface area contributed by atoms with Crippen LogP contribution in [0.3, 0.4) is 0 Å². The Morgan fingerprint density at radius 3 is 2.72 bits per heavy atom. The third-order valence-corrected chi connectivity index (χ3v) is 6.16. The van der Waals surface area contributed by atoms with E-state index in [1.54, 1.807) is 12.1 Å². The van der Waals surface area contributed by atoms with E-state index >= 15 is 0 Å². The van der Waals surface area contributed by atoms with Gasteiger partial charge in [0.1, 0.15) is 5.82 Å². The number of hydrogen-bond acceptors (Lipinski definition) is 4. The number of carbonyl (C=O) groups excluding carboxylic acids is 2. The smallest absolute Gasteiger partial charge is 0.250 e. The highest BCUT2D eigenvalue weighted by molar-refractivity contribution is 5.97. The fraction of sp³-hybridized carbons (Fsp3) is 0.417. The molecule has 0 unspecified atom stereocenters. The average Bonchev–Trinajstić information content (AvgIpc) is 3.10. The summed E-state index contributed by atoms with van der Waals surface area (Å²) in [4.78, 5) is 31.7. The van der Waals surface area contributed by atoms with Gasteiger partial charge >= 0.3 is 0 Å². The van der Waals surface area contributed by atoms with Crippen molar-refractivity contribution in [2.24, 2.45) is 5.73 Å². The highest BCUT2D eigenvalue weighted by atomic mass is 19.1. The van der Waals surface area contributed by atoms with Crippen molar-refractivity contribution in [3.63, 3.8) is 0 Å². The number of likely N-dealkylation sites (tertiary alicyclic amines) is 1. The molecule has 2 amide bonds. The van der Waals surface area contributed by atoms with Gasteiger partial charge in [-0.05, 0) is 63.9 Å². The second-order valence-corrected chi connectivity index (χ2v) is 8.73. The molecule has 2 aromatic heterocycles. The molecule has 0 saturated carbocycles. The van der Waals surface area contributed by atoms with Gasteiger partial charge in [0, 0.05) is 36.5 Å². The summed E-state index contributed by atoms with van der Waals surface area (Å²) in [6, 6.07) is 7.85. The summed E-state index contributed by atoms with van der Waals surface area (Å²) in [7, 11) is 0. The summed E-state index contributed by atoms with van der Waals surface area (Å²) in [6.45, 7) is 7.07. The average molecular weight is 438 g/mol. The number of carbonyl (C=O) groups is 2. The lowest BCUT2D eigenvalue weighted by atomic mass is 9.90. The summed E-state index contributed by atoms with van der Waals surface area (Å²) >= 11 is 0. The van der Waals surface area contributed by atoms with Gasteiger partial charge in [-0.3, -0.25) is 19.3 Å². The van der Waals surface area contributed by atoms with Crippen molar-refractivity contribution >= 4 is 22.7 Å². The second-order valence-electron chi connectivity index (χ2n) is 8.73. The minimum absolute atomic E-state index is 0.0496. The number of piperidine rings is 1. The Morgan fingerprint density at radius 2 is 2.03 bits per heavy atom. The Labute approximate surface area is 186 Å². The third kappa shape index (κ3) is 4.35. The van der Waals surface area contributed by atoms with Gasteiger partial charge in [0.05, 0.1) is 28.5 Å². The SMILES string of the molecule is Cc1cc(C)n([C@H](C)CC(=O)N2CCC[C@H](c3nc4ccc(F)cc4cc3C(N)=O)C2)n1. The van der Waals surface area contributed by atoms with Crippen molar-refractivity contribution in [1.29, 1.82) is 0 Å². The summed E-state index contributed by atoms with van der Waals surface area (Å²) < 4.78 is 15.5. The van der Waals surface area contributed by atoms with Crippen LogP contribution in [0.1, 0.15) is 65.6 Å². The van der Waals surface area contributed by atoms with Crippen LogP contribution in [0.4, 0.5) is 4.39 Å². The third-order valence-electron chi connectivity index (χ3n) is 6.16. The molecule has 0 spiro atoms. The zero-order chi connectivity index (χ0) is 23.0. The predicted octanol–water partition coefficient (Wildman–Crippen LogP) is 3.64. The second kappa shape index (κ2) is 8.68. The highest BCUT2D eigenvalue weighted by Crippen LogP contribution is 2.31. The van der Waals surface area contributed by atoms with Gasteiger partial charge in [-0.2, -0.15) is 5.10 Å². The number of aryl methyl sites for hydroxylation is 2. The molecule has 3 heterocycles. The van der Waals surface area contributed by atoms with E-state index in [1.807, 2.05) is 36.4 Å². The summed E-state index contributed by atoms with van der Waals surface area (Å²) in [6.07, 6.45) is 1.96. The summed E-state index contributed by atoms with van der Waals surface area (Å²) in [5.74, 6) is -1.04. The van der Waals surface area contributed by atoms with Crippen LogP contribution >= 0.6 is 0 Å². The number of amides is 2. The normalized spacial score (nSPS) is 17.5. The standard InChI is InChI=1S/C24H28FN5O2/c1-14-9-15(2)30(28-14)16(3)10-22(31)29-8-4-5-17(13-29)23-20(24(26)32)12-18-11-19(25)6-7-21(18)27-23/h6-7,9,11-12,16-17H,4-5,8,10,13H2,1-3H3,(H2,26,32)/t16-,17+/m1/s1. The molecule has 32 heavy (non-hydrogen) atoms. The van der Waals surface area contributed by atoms with Gasteiger partial charge in [0.2, 0.25) is 5.91 Å². The van der Waals surface area contributed by atoms with Crippen molar-refractivity contribution in [1.82, 2.24) is 19.7 Å². The number of aromatic nitrogens is 3. The molecule has 1 fully saturated rings. The van der Waals surface area contributed by atoms with E-state index < -0.39 is 11.7 Å². The molecule has 7 nitrogen and oxygen atoms in total. The summed E-state index contributed by atoms with van der Waals surface area (Å²) in [5.41, 5.74) is 9.07. The topological polar surface area (TPSA) is 94.1 Å². The lowest BCUT2D eigenvalue weighted by Crippen LogP contribution is -2.40. The van der Waals surface area contributed by atoms with E-state index in [0.29, 0.717) is 41.7 Å². The molecule has 1 saturated heterocycles. The van der Waals surface area contributed by atoms with E-state index in [9.17, 15) is 14.0 Å². The molecule has 1 aliphatic heterocycles. The quantitative estimate of drug-likeness (QED) is 0.659. The molecule has 168 valence electrons. The Hall–Kier alpha value is -3.29. The maximum absolute atomic E-state index is 13.6.